The lowest BCUT2D eigenvalue weighted by Gasteiger charge is -2.05. The molecule has 0 bridgehead atoms. The second-order valence-electron chi connectivity index (χ2n) is 3.08. The number of hydrogen-bond donors (Lipinski definition) is 2. The second-order valence-corrected chi connectivity index (χ2v) is 3.40. The minimum atomic E-state index is -0.0756. The van der Waals surface area contributed by atoms with Crippen LogP contribution in [0.1, 0.15) is 11.1 Å². The number of benzene rings is 1. The number of carbonyl (C=O) groups is 1. The Morgan fingerprint density at radius 1 is 1.31 bits per heavy atom. The number of rotatable bonds is 2. The van der Waals surface area contributed by atoms with E-state index in [0.29, 0.717) is 0 Å². The maximum atomic E-state index is 11.0. The van der Waals surface area contributed by atoms with Crippen molar-refractivity contribution in [3.8, 4) is 0 Å². The van der Waals surface area contributed by atoms with Crippen molar-refractivity contribution in [2.75, 3.05) is 11.1 Å². The van der Waals surface area contributed by atoms with Crippen LogP contribution in [0.25, 0.3) is 0 Å². The molecule has 0 spiro atoms. The van der Waals surface area contributed by atoms with Gasteiger partial charge in [0.1, 0.15) is 0 Å². The zero-order chi connectivity index (χ0) is 9.84. The van der Waals surface area contributed by atoms with Gasteiger partial charge in [0.25, 0.3) is 0 Å². The SMILES string of the molecule is Cc1cc(C)cc(NC(=O)CS)c1. The van der Waals surface area contributed by atoms with Gasteiger partial charge in [0, 0.05) is 5.69 Å². The summed E-state index contributed by atoms with van der Waals surface area (Å²) in [6.45, 7) is 4.01. The molecule has 1 N–H and O–H groups in total. The third kappa shape index (κ3) is 3.11. The highest BCUT2D eigenvalue weighted by Crippen LogP contribution is 2.13. The molecule has 0 fully saturated rings. The summed E-state index contributed by atoms with van der Waals surface area (Å²) in [6, 6.07) is 5.94. The molecule has 0 aliphatic rings. The van der Waals surface area contributed by atoms with Crippen LogP contribution in [0.2, 0.25) is 0 Å². The van der Waals surface area contributed by atoms with Crippen molar-refractivity contribution in [1.82, 2.24) is 0 Å². The fourth-order valence-electron chi connectivity index (χ4n) is 1.25. The van der Waals surface area contributed by atoms with E-state index in [-0.39, 0.29) is 11.7 Å². The largest absolute Gasteiger partial charge is 0.325 e. The first-order valence-corrected chi connectivity index (χ1v) is 4.74. The number of carbonyl (C=O) groups excluding carboxylic acids is 1. The van der Waals surface area contributed by atoms with E-state index in [0.717, 1.165) is 16.8 Å². The summed E-state index contributed by atoms with van der Waals surface area (Å²) in [5.74, 6) is 0.140. The first-order valence-electron chi connectivity index (χ1n) is 4.11. The van der Waals surface area contributed by atoms with E-state index in [1.54, 1.807) is 0 Å². The molecule has 0 aliphatic carbocycles. The number of thiol groups is 1. The molecule has 0 radical (unpaired) electrons. The van der Waals surface area contributed by atoms with Gasteiger partial charge in [-0.25, -0.2) is 0 Å². The predicted molar refractivity (Wildman–Crippen MR) is 58.4 cm³/mol. The van der Waals surface area contributed by atoms with Crippen LogP contribution in [0.15, 0.2) is 18.2 Å². The molecule has 1 aromatic carbocycles. The predicted octanol–water partition coefficient (Wildman–Crippen LogP) is 2.17. The van der Waals surface area contributed by atoms with E-state index < -0.39 is 0 Å². The summed E-state index contributed by atoms with van der Waals surface area (Å²) >= 11 is 3.89. The second kappa shape index (κ2) is 4.33. The lowest BCUT2D eigenvalue weighted by atomic mass is 10.1. The van der Waals surface area contributed by atoms with Crippen molar-refractivity contribution in [1.29, 1.82) is 0 Å². The van der Waals surface area contributed by atoms with Crippen molar-refractivity contribution in [2.24, 2.45) is 0 Å². The van der Waals surface area contributed by atoms with Crippen molar-refractivity contribution in [2.45, 2.75) is 13.8 Å². The highest BCUT2D eigenvalue weighted by Gasteiger charge is 1.99. The highest BCUT2D eigenvalue weighted by atomic mass is 32.1. The molecular weight excluding hydrogens is 182 g/mol. The molecule has 2 nitrogen and oxygen atoms in total. The van der Waals surface area contributed by atoms with E-state index in [2.05, 4.69) is 24.0 Å². The molecule has 0 unspecified atom stereocenters. The lowest BCUT2D eigenvalue weighted by Crippen LogP contribution is -2.12. The topological polar surface area (TPSA) is 29.1 Å². The average molecular weight is 195 g/mol. The molecule has 0 aliphatic heterocycles. The van der Waals surface area contributed by atoms with Gasteiger partial charge in [-0.2, -0.15) is 12.6 Å². The maximum absolute atomic E-state index is 11.0. The van der Waals surface area contributed by atoms with E-state index >= 15 is 0 Å². The molecule has 0 aromatic heterocycles. The van der Waals surface area contributed by atoms with Gasteiger partial charge in [0.2, 0.25) is 5.91 Å². The van der Waals surface area contributed by atoms with E-state index in [9.17, 15) is 4.79 Å². The molecule has 70 valence electrons. The molecule has 0 saturated heterocycles. The van der Waals surface area contributed by atoms with E-state index in [4.69, 9.17) is 0 Å². The van der Waals surface area contributed by atoms with Gasteiger partial charge in [-0.1, -0.05) is 6.07 Å². The van der Waals surface area contributed by atoms with Crippen molar-refractivity contribution >= 4 is 24.2 Å². The standard InChI is InChI=1S/C10H13NOS/c1-7-3-8(2)5-9(4-7)11-10(12)6-13/h3-5,13H,6H2,1-2H3,(H,11,12). The van der Waals surface area contributed by atoms with E-state index in [1.807, 2.05) is 26.0 Å². The number of anilines is 1. The Balaban J connectivity index is 2.83. The Hall–Kier alpha value is -0.960. The number of nitrogens with one attached hydrogen (secondary N) is 1. The Bertz CT molecular complexity index is 302. The van der Waals surface area contributed by atoms with Gasteiger partial charge < -0.3 is 5.32 Å². The fourth-order valence-corrected chi connectivity index (χ4v) is 1.33. The van der Waals surface area contributed by atoms with Crippen LogP contribution in [0.5, 0.6) is 0 Å². The van der Waals surface area contributed by atoms with Crippen LogP contribution in [-0.4, -0.2) is 11.7 Å². The highest BCUT2D eigenvalue weighted by molar-refractivity contribution is 7.81. The Morgan fingerprint density at radius 2 is 1.85 bits per heavy atom. The lowest BCUT2D eigenvalue weighted by molar-refractivity contribution is -0.113. The summed E-state index contributed by atoms with van der Waals surface area (Å²) in [5, 5.41) is 2.76. The molecule has 13 heavy (non-hydrogen) atoms. The Labute approximate surface area is 83.8 Å². The molecule has 0 saturated carbocycles. The summed E-state index contributed by atoms with van der Waals surface area (Å²) in [7, 11) is 0. The minimum absolute atomic E-state index is 0.0756. The van der Waals surface area contributed by atoms with Gasteiger partial charge >= 0.3 is 0 Å². The Kier molecular flexibility index (Phi) is 3.37. The van der Waals surface area contributed by atoms with Gasteiger partial charge in [0.15, 0.2) is 0 Å². The van der Waals surface area contributed by atoms with Gasteiger partial charge in [-0.05, 0) is 37.1 Å². The average Bonchev–Trinajstić information content (AvgIpc) is 2.02. The number of hydrogen-bond acceptors (Lipinski definition) is 2. The fraction of sp³-hybridized carbons (Fsp3) is 0.300. The molecule has 0 atom stereocenters. The zero-order valence-electron chi connectivity index (χ0n) is 7.79. The van der Waals surface area contributed by atoms with Gasteiger partial charge in [-0.15, -0.1) is 0 Å². The third-order valence-electron chi connectivity index (χ3n) is 1.65. The Morgan fingerprint density at radius 3 is 2.31 bits per heavy atom. The monoisotopic (exact) mass is 195 g/mol. The molecule has 1 amide bonds. The first-order chi connectivity index (χ1) is 6.11. The summed E-state index contributed by atoms with van der Waals surface area (Å²) in [5.41, 5.74) is 3.14. The third-order valence-corrected chi connectivity index (χ3v) is 1.94. The van der Waals surface area contributed by atoms with Crippen LogP contribution in [-0.2, 0) is 4.79 Å². The molecule has 3 heteroatoms. The number of aryl methyl sites for hydroxylation is 2. The van der Waals surface area contributed by atoms with E-state index in [1.165, 1.54) is 0 Å². The van der Waals surface area contributed by atoms with Crippen LogP contribution < -0.4 is 5.32 Å². The van der Waals surface area contributed by atoms with Crippen molar-refractivity contribution in [3.63, 3.8) is 0 Å². The summed E-state index contributed by atoms with van der Waals surface area (Å²) < 4.78 is 0. The molecule has 0 heterocycles. The van der Waals surface area contributed by atoms with Gasteiger partial charge in [-0.3, -0.25) is 4.79 Å². The van der Waals surface area contributed by atoms with Crippen LogP contribution in [0, 0.1) is 13.8 Å². The quantitative estimate of drug-likeness (QED) is 0.696. The molecule has 1 aromatic rings. The summed E-state index contributed by atoms with van der Waals surface area (Å²) in [4.78, 5) is 11.0. The molecular formula is C10H13NOS. The van der Waals surface area contributed by atoms with Crippen LogP contribution in [0.3, 0.4) is 0 Å². The van der Waals surface area contributed by atoms with Crippen molar-refractivity contribution < 1.29 is 4.79 Å². The minimum Gasteiger partial charge on any atom is -0.325 e. The summed E-state index contributed by atoms with van der Waals surface area (Å²) in [6.07, 6.45) is 0. The first kappa shape index (κ1) is 10.1. The zero-order valence-corrected chi connectivity index (χ0v) is 8.69. The normalized spacial score (nSPS) is 9.77. The van der Waals surface area contributed by atoms with Crippen LogP contribution in [0.4, 0.5) is 5.69 Å². The maximum Gasteiger partial charge on any atom is 0.234 e. The van der Waals surface area contributed by atoms with Crippen molar-refractivity contribution in [3.05, 3.63) is 29.3 Å². The molecule has 1 rings (SSSR count). The number of amides is 1. The van der Waals surface area contributed by atoms with Crippen LogP contribution >= 0.6 is 12.6 Å². The smallest absolute Gasteiger partial charge is 0.234 e. The van der Waals surface area contributed by atoms with Gasteiger partial charge in [0.05, 0.1) is 5.75 Å².